The fourth-order valence-electron chi connectivity index (χ4n) is 4.24. The Morgan fingerprint density at radius 2 is 1.10 bits per heavy atom. The highest BCUT2D eigenvalue weighted by atomic mass is 16.6. The lowest BCUT2D eigenvalue weighted by Gasteiger charge is -2.08. The standard InChI is InChI=1S/C21H20O6.C19H36N4O9/c1-26-20-11-14(5-9-18(20)24)3-7-16(22)13-17(23)8-4-15-6-10-19(25)21(12-15)27-2;1-2-3-18(24)32-19(25)21-4-6-26-8-10-28-12-14-30-16-17-31-15-13-29-11-9-27-7-5-22-23-20/h3-12,24-25H,13H2,1-2H3;2-17H2,1H3,(H,21,25)/b7-3+,8-4+;. The number of aromatic hydroxyl groups is 2. The average molecular weight is 833 g/mol. The molecule has 326 valence electrons. The third kappa shape index (κ3) is 27.7. The Bertz CT molecular complexity index is 1560. The van der Waals surface area contributed by atoms with Crippen molar-refractivity contribution < 1.29 is 72.0 Å². The maximum absolute atomic E-state index is 11.9. The van der Waals surface area contributed by atoms with Gasteiger partial charge in [-0.25, -0.2) is 4.79 Å². The molecule has 0 aliphatic carbocycles. The van der Waals surface area contributed by atoms with Gasteiger partial charge in [-0.2, -0.15) is 0 Å². The van der Waals surface area contributed by atoms with E-state index in [-0.39, 0.29) is 42.5 Å². The Hall–Kier alpha value is -5.53. The summed E-state index contributed by atoms with van der Waals surface area (Å²) in [5, 5.41) is 24.9. The van der Waals surface area contributed by atoms with Crippen LogP contribution >= 0.6 is 0 Å². The van der Waals surface area contributed by atoms with Crippen LogP contribution in [0.3, 0.4) is 0 Å². The molecule has 1 amide bonds. The molecule has 0 aliphatic rings. The quantitative estimate of drug-likeness (QED) is 0.0175. The number of carbonyl (C=O) groups is 4. The van der Waals surface area contributed by atoms with Crippen molar-refractivity contribution in [2.75, 3.05) is 107 Å². The molecule has 0 radical (unpaired) electrons. The van der Waals surface area contributed by atoms with Gasteiger partial charge < -0.3 is 58.2 Å². The van der Waals surface area contributed by atoms with Gasteiger partial charge >= 0.3 is 12.1 Å². The van der Waals surface area contributed by atoms with Gasteiger partial charge in [0.1, 0.15) is 0 Å². The van der Waals surface area contributed by atoms with Crippen molar-refractivity contribution in [1.82, 2.24) is 5.32 Å². The van der Waals surface area contributed by atoms with Gasteiger partial charge in [0.2, 0.25) is 0 Å². The Morgan fingerprint density at radius 3 is 1.51 bits per heavy atom. The fourth-order valence-corrected chi connectivity index (χ4v) is 4.24. The monoisotopic (exact) mass is 832 g/mol. The number of carbonyl (C=O) groups excluding carboxylic acids is 4. The Kier molecular flexibility index (Phi) is 30.1. The Morgan fingerprint density at radius 1 is 0.678 bits per heavy atom. The predicted octanol–water partition coefficient (Wildman–Crippen LogP) is 4.82. The van der Waals surface area contributed by atoms with Crippen LogP contribution in [-0.2, 0) is 47.5 Å². The van der Waals surface area contributed by atoms with Gasteiger partial charge in [-0.05, 0) is 59.5 Å². The van der Waals surface area contributed by atoms with Gasteiger partial charge in [-0.15, -0.1) is 0 Å². The van der Waals surface area contributed by atoms with E-state index in [1.807, 2.05) is 6.92 Å². The number of ketones is 2. The summed E-state index contributed by atoms with van der Waals surface area (Å²) in [6.45, 7) is 7.53. The first-order chi connectivity index (χ1) is 28.6. The van der Waals surface area contributed by atoms with Gasteiger partial charge in [0, 0.05) is 24.4 Å². The van der Waals surface area contributed by atoms with Crippen LogP contribution in [0.15, 0.2) is 53.7 Å². The second-order valence-electron chi connectivity index (χ2n) is 11.7. The average Bonchev–Trinajstić information content (AvgIpc) is 3.22. The zero-order valence-corrected chi connectivity index (χ0v) is 33.8. The number of phenols is 2. The number of benzene rings is 2. The second-order valence-corrected chi connectivity index (χ2v) is 11.7. The van der Waals surface area contributed by atoms with Gasteiger partial charge in [0.05, 0.1) is 99.9 Å². The fraction of sp³-hybridized carbons (Fsp3) is 0.500. The maximum atomic E-state index is 11.9. The van der Waals surface area contributed by atoms with Gasteiger partial charge in [-0.1, -0.05) is 36.3 Å². The molecule has 0 atom stereocenters. The first-order valence-electron chi connectivity index (χ1n) is 18.7. The number of alkyl carbamates (subject to hydrolysis) is 1. The van der Waals surface area contributed by atoms with Crippen LogP contribution in [0.4, 0.5) is 4.79 Å². The molecule has 19 nitrogen and oxygen atoms in total. The zero-order chi connectivity index (χ0) is 43.4. The molecule has 2 rings (SSSR count). The van der Waals surface area contributed by atoms with E-state index >= 15 is 0 Å². The number of allylic oxidation sites excluding steroid dienone is 2. The number of azide groups is 1. The van der Waals surface area contributed by atoms with Gasteiger partial charge in [0.25, 0.3) is 0 Å². The smallest absolute Gasteiger partial charge is 0.414 e. The largest absolute Gasteiger partial charge is 0.504 e. The van der Waals surface area contributed by atoms with Crippen LogP contribution < -0.4 is 14.8 Å². The van der Waals surface area contributed by atoms with E-state index in [1.54, 1.807) is 36.4 Å². The van der Waals surface area contributed by atoms with Gasteiger partial charge in [0.15, 0.2) is 34.6 Å². The Balaban J connectivity index is 0.000000597. The van der Waals surface area contributed by atoms with Crippen molar-refractivity contribution in [1.29, 1.82) is 0 Å². The number of phenolic OH excluding ortho intramolecular Hbond substituents is 2. The van der Waals surface area contributed by atoms with Crippen LogP contribution in [0, 0.1) is 0 Å². The lowest BCUT2D eigenvalue weighted by Crippen LogP contribution is -2.30. The molecule has 0 saturated carbocycles. The molecule has 0 heterocycles. The lowest BCUT2D eigenvalue weighted by molar-refractivity contribution is -0.137. The number of nitrogens with zero attached hydrogens (tertiary/aromatic N) is 3. The number of nitrogens with one attached hydrogen (secondary N) is 1. The molecule has 59 heavy (non-hydrogen) atoms. The number of methoxy groups -OCH3 is 2. The normalized spacial score (nSPS) is 10.8. The van der Waals surface area contributed by atoms with Gasteiger partial charge in [-0.3, -0.25) is 14.4 Å². The van der Waals surface area contributed by atoms with E-state index in [0.29, 0.717) is 115 Å². The van der Waals surface area contributed by atoms with Crippen LogP contribution in [0.2, 0.25) is 0 Å². The lowest BCUT2D eigenvalue weighted by atomic mass is 10.1. The summed E-state index contributed by atoms with van der Waals surface area (Å²) in [6.07, 6.45) is 5.53. The molecule has 0 spiro atoms. The number of ether oxygens (including phenoxy) is 9. The molecule has 2 aromatic carbocycles. The molecule has 0 unspecified atom stereocenters. The molecule has 3 N–H and O–H groups in total. The number of hydrogen-bond donors (Lipinski definition) is 3. The minimum Gasteiger partial charge on any atom is -0.504 e. The topological polar surface area (TPSA) is 253 Å². The molecule has 19 heteroatoms. The first kappa shape index (κ1) is 51.5. The number of esters is 1. The third-order valence-corrected chi connectivity index (χ3v) is 7.11. The summed E-state index contributed by atoms with van der Waals surface area (Å²) < 4.78 is 46.4. The summed E-state index contributed by atoms with van der Waals surface area (Å²) in [5.41, 5.74) is 9.42. The number of rotatable bonds is 31. The molecule has 0 fully saturated rings. The van der Waals surface area contributed by atoms with E-state index in [9.17, 15) is 29.4 Å². The SMILES string of the molecule is CCCC(=O)OC(=O)NCCOCCOCCOCCOCCOCCOCCN=[N+]=[N-].COc1cc(/C=C/C(=O)CC(=O)/C=C/c2ccc(O)c(OC)c2)ccc1O. The van der Waals surface area contributed by atoms with E-state index < -0.39 is 12.1 Å². The summed E-state index contributed by atoms with van der Waals surface area (Å²) in [6, 6.07) is 9.34. The second kappa shape index (κ2) is 34.5. The summed E-state index contributed by atoms with van der Waals surface area (Å²) >= 11 is 0. The van der Waals surface area contributed by atoms with E-state index in [0.717, 1.165) is 0 Å². The van der Waals surface area contributed by atoms with Crippen LogP contribution in [0.5, 0.6) is 23.0 Å². The van der Waals surface area contributed by atoms with Crippen molar-refractivity contribution in [3.63, 3.8) is 0 Å². The molecule has 0 bridgehead atoms. The molecule has 0 aliphatic heterocycles. The Labute approximate surface area is 343 Å². The predicted molar refractivity (Wildman–Crippen MR) is 215 cm³/mol. The highest BCUT2D eigenvalue weighted by molar-refractivity contribution is 6.10. The summed E-state index contributed by atoms with van der Waals surface area (Å²) in [7, 11) is 2.87. The van der Waals surface area contributed by atoms with Crippen LogP contribution in [-0.4, -0.2) is 140 Å². The highest BCUT2D eigenvalue weighted by Gasteiger charge is 2.09. The van der Waals surface area contributed by atoms with E-state index in [1.165, 1.54) is 38.5 Å². The summed E-state index contributed by atoms with van der Waals surface area (Å²) in [4.78, 5) is 48.9. The molecule has 0 aromatic heterocycles. The van der Waals surface area contributed by atoms with E-state index in [2.05, 4.69) is 20.1 Å². The van der Waals surface area contributed by atoms with Crippen molar-refractivity contribution >= 4 is 35.8 Å². The number of amides is 1. The minimum absolute atomic E-state index is 0.00662. The molecule has 2 aromatic rings. The molecular weight excluding hydrogens is 776 g/mol. The zero-order valence-electron chi connectivity index (χ0n) is 33.8. The van der Waals surface area contributed by atoms with E-state index in [4.69, 9.17) is 43.4 Å². The van der Waals surface area contributed by atoms with Crippen molar-refractivity contribution in [2.24, 2.45) is 5.11 Å². The minimum atomic E-state index is -0.762. The maximum Gasteiger partial charge on any atom is 0.414 e. The first-order valence-corrected chi connectivity index (χ1v) is 18.7. The highest BCUT2D eigenvalue weighted by Crippen LogP contribution is 2.27. The number of hydrogen-bond acceptors (Lipinski definition) is 16. The van der Waals surface area contributed by atoms with Crippen molar-refractivity contribution in [3.05, 3.63) is 70.1 Å². The van der Waals surface area contributed by atoms with Crippen LogP contribution in [0.25, 0.3) is 22.6 Å². The summed E-state index contributed by atoms with van der Waals surface area (Å²) in [5.74, 6) is -0.624. The van der Waals surface area contributed by atoms with Crippen molar-refractivity contribution in [3.8, 4) is 23.0 Å². The van der Waals surface area contributed by atoms with Crippen molar-refractivity contribution in [2.45, 2.75) is 26.2 Å². The third-order valence-electron chi connectivity index (χ3n) is 7.11. The molecular formula is C40H56N4O15. The van der Waals surface area contributed by atoms with Crippen LogP contribution in [0.1, 0.15) is 37.3 Å². The molecule has 0 saturated heterocycles.